The molecule has 2 aromatic rings. The van der Waals surface area contributed by atoms with E-state index in [9.17, 15) is 22.2 Å². The first-order valence-electron chi connectivity index (χ1n) is 7.43. The molecular formula is C17H18F3NO3S. The predicted molar refractivity (Wildman–Crippen MR) is 90.4 cm³/mol. The molecule has 0 aliphatic rings. The fourth-order valence-electron chi connectivity index (χ4n) is 2.34. The topological polar surface area (TPSA) is 48.3 Å². The third-order valence-corrected chi connectivity index (χ3v) is 4.52. The van der Waals surface area contributed by atoms with Gasteiger partial charge in [0.05, 0.1) is 13.0 Å². The number of hydrogen-bond donors (Lipinski definition) is 0. The maximum absolute atomic E-state index is 12.3. The number of pyridine rings is 1. The summed E-state index contributed by atoms with van der Waals surface area (Å²) in [6.07, 6.45) is -2.29. The molecule has 1 heterocycles. The van der Waals surface area contributed by atoms with Crippen molar-refractivity contribution in [3.8, 4) is 16.9 Å². The average molecular weight is 373 g/mol. The highest BCUT2D eigenvalue weighted by atomic mass is 32.2. The van der Waals surface area contributed by atoms with E-state index in [4.69, 9.17) is 4.74 Å². The molecule has 4 nitrogen and oxygen atoms in total. The van der Waals surface area contributed by atoms with Crippen molar-refractivity contribution in [2.24, 2.45) is 7.05 Å². The maximum atomic E-state index is 12.3. The molecule has 25 heavy (non-hydrogen) atoms. The highest BCUT2D eigenvalue weighted by molar-refractivity contribution is 7.84. The Kier molecular flexibility index (Phi) is 5.72. The van der Waals surface area contributed by atoms with E-state index in [-0.39, 0.29) is 11.3 Å². The van der Waals surface area contributed by atoms with Gasteiger partial charge in [0.15, 0.2) is 0 Å². The van der Waals surface area contributed by atoms with Crippen molar-refractivity contribution in [2.45, 2.75) is 24.4 Å². The van der Waals surface area contributed by atoms with Gasteiger partial charge in [-0.2, -0.15) is 13.2 Å². The van der Waals surface area contributed by atoms with Crippen LogP contribution in [0.4, 0.5) is 13.2 Å². The summed E-state index contributed by atoms with van der Waals surface area (Å²) in [6.45, 7) is 1.13. The number of rotatable bonds is 5. The summed E-state index contributed by atoms with van der Waals surface area (Å²) in [4.78, 5) is 12.4. The van der Waals surface area contributed by atoms with Gasteiger partial charge in [0.2, 0.25) is 0 Å². The molecule has 0 saturated heterocycles. The summed E-state index contributed by atoms with van der Waals surface area (Å²) >= 11 is 0. The molecule has 0 aliphatic carbocycles. The van der Waals surface area contributed by atoms with Crippen LogP contribution in [0.2, 0.25) is 0 Å². The van der Waals surface area contributed by atoms with Gasteiger partial charge in [-0.25, -0.2) is 0 Å². The average Bonchev–Trinajstić information content (AvgIpc) is 2.51. The number of nitrogens with zero attached hydrogens (tertiary/aromatic N) is 1. The molecule has 0 saturated carbocycles. The van der Waals surface area contributed by atoms with Crippen LogP contribution in [0.1, 0.15) is 12.0 Å². The number of hydrogen-bond acceptors (Lipinski definition) is 3. The van der Waals surface area contributed by atoms with Gasteiger partial charge in [0, 0.05) is 51.9 Å². The monoisotopic (exact) mass is 373 g/mol. The Morgan fingerprint density at radius 1 is 1.24 bits per heavy atom. The van der Waals surface area contributed by atoms with Gasteiger partial charge in [-0.3, -0.25) is 9.00 Å². The molecule has 0 N–H and O–H groups in total. The van der Waals surface area contributed by atoms with E-state index in [0.717, 1.165) is 0 Å². The van der Waals surface area contributed by atoms with Crippen LogP contribution in [-0.4, -0.2) is 27.8 Å². The number of aryl methyl sites for hydroxylation is 2. The van der Waals surface area contributed by atoms with E-state index < -0.39 is 30.0 Å². The lowest BCUT2D eigenvalue weighted by Gasteiger charge is -2.15. The van der Waals surface area contributed by atoms with Crippen LogP contribution >= 0.6 is 0 Å². The Bertz CT molecular complexity index is 833. The molecule has 1 aromatic carbocycles. The lowest BCUT2D eigenvalue weighted by Crippen LogP contribution is -2.18. The number of halogens is 3. The quantitative estimate of drug-likeness (QED) is 0.807. The summed E-state index contributed by atoms with van der Waals surface area (Å²) in [5, 5.41) is 0. The van der Waals surface area contributed by atoms with Crippen molar-refractivity contribution in [3.05, 3.63) is 46.4 Å². The van der Waals surface area contributed by atoms with Crippen LogP contribution in [-0.2, 0) is 17.8 Å². The predicted octanol–water partition coefficient (Wildman–Crippen LogP) is 3.43. The lowest BCUT2D eigenvalue weighted by molar-refractivity contribution is -0.139. The highest BCUT2D eigenvalue weighted by Gasteiger charge is 2.27. The minimum Gasteiger partial charge on any atom is -0.493 e. The molecule has 0 bridgehead atoms. The van der Waals surface area contributed by atoms with Gasteiger partial charge < -0.3 is 9.30 Å². The molecule has 0 aliphatic heterocycles. The van der Waals surface area contributed by atoms with Gasteiger partial charge in [-0.05, 0) is 31.2 Å². The summed E-state index contributed by atoms with van der Waals surface area (Å²) < 4.78 is 55.5. The minimum atomic E-state index is -4.31. The zero-order chi connectivity index (χ0) is 18.8. The molecule has 0 radical (unpaired) electrons. The summed E-state index contributed by atoms with van der Waals surface area (Å²) in [7, 11) is 0.328. The first-order valence-corrected chi connectivity index (χ1v) is 8.99. The van der Waals surface area contributed by atoms with E-state index >= 15 is 0 Å². The fraction of sp³-hybridized carbons (Fsp3) is 0.353. The van der Waals surface area contributed by atoms with Crippen molar-refractivity contribution in [1.29, 1.82) is 0 Å². The van der Waals surface area contributed by atoms with Crippen LogP contribution < -0.4 is 10.3 Å². The van der Waals surface area contributed by atoms with Gasteiger partial charge in [-0.1, -0.05) is 0 Å². The van der Waals surface area contributed by atoms with Crippen LogP contribution in [0.5, 0.6) is 5.75 Å². The van der Waals surface area contributed by atoms with Crippen molar-refractivity contribution >= 4 is 10.8 Å². The van der Waals surface area contributed by atoms with Gasteiger partial charge >= 0.3 is 6.18 Å². The molecule has 0 amide bonds. The third kappa shape index (κ3) is 4.94. The smallest absolute Gasteiger partial charge is 0.392 e. The van der Waals surface area contributed by atoms with Crippen molar-refractivity contribution in [1.82, 2.24) is 4.57 Å². The molecule has 1 atom stereocenters. The number of aromatic nitrogens is 1. The maximum Gasteiger partial charge on any atom is 0.392 e. The Labute approximate surface area is 145 Å². The molecule has 8 heteroatoms. The second-order valence-corrected chi connectivity index (χ2v) is 7.03. The van der Waals surface area contributed by atoms with Crippen molar-refractivity contribution < 1.29 is 22.1 Å². The largest absolute Gasteiger partial charge is 0.493 e. The highest BCUT2D eigenvalue weighted by Crippen LogP contribution is 2.32. The Hall–Kier alpha value is -2.09. The molecule has 2 rings (SSSR count). The fourth-order valence-corrected chi connectivity index (χ4v) is 2.88. The lowest BCUT2D eigenvalue weighted by atomic mass is 10.0. The third-order valence-electron chi connectivity index (χ3n) is 3.60. The second-order valence-electron chi connectivity index (χ2n) is 5.65. The van der Waals surface area contributed by atoms with E-state index in [0.29, 0.717) is 21.6 Å². The first-order chi connectivity index (χ1) is 11.6. The van der Waals surface area contributed by atoms with E-state index in [1.54, 1.807) is 38.4 Å². The summed E-state index contributed by atoms with van der Waals surface area (Å²) in [5.41, 5.74) is 1.42. The van der Waals surface area contributed by atoms with Crippen molar-refractivity contribution in [2.75, 3.05) is 12.9 Å². The van der Waals surface area contributed by atoms with Crippen molar-refractivity contribution in [3.63, 3.8) is 0 Å². The van der Waals surface area contributed by atoms with Gasteiger partial charge in [0.1, 0.15) is 5.75 Å². The SMILES string of the molecule is Cc1cc(-c2cc(S(C)=O)ccc2OCCC(F)(F)F)cn(C)c1=O. The number of alkyl halides is 3. The Balaban J connectivity index is 2.47. The summed E-state index contributed by atoms with van der Waals surface area (Å²) in [6, 6.07) is 6.30. The molecule has 0 fully saturated rings. The van der Waals surface area contributed by atoms with E-state index in [1.165, 1.54) is 16.9 Å². The molecule has 136 valence electrons. The number of ether oxygens (including phenoxy) is 1. The van der Waals surface area contributed by atoms with Crippen LogP contribution in [0, 0.1) is 6.92 Å². The molecule has 0 spiro atoms. The standard InChI is InChI=1S/C17H18F3NO3S/c1-11-8-12(10-21(2)16(11)22)14-9-13(25(3)23)4-5-15(14)24-7-6-17(18,19)20/h4-5,8-10H,6-7H2,1-3H3. The van der Waals surface area contributed by atoms with Crippen LogP contribution in [0.15, 0.2) is 40.2 Å². The van der Waals surface area contributed by atoms with Gasteiger partial charge in [-0.15, -0.1) is 0 Å². The number of benzene rings is 1. The van der Waals surface area contributed by atoms with Crippen LogP contribution in [0.3, 0.4) is 0 Å². The minimum absolute atomic E-state index is 0.168. The van der Waals surface area contributed by atoms with Gasteiger partial charge in [0.25, 0.3) is 5.56 Å². The van der Waals surface area contributed by atoms with E-state index in [2.05, 4.69) is 0 Å². The van der Waals surface area contributed by atoms with Crippen LogP contribution in [0.25, 0.3) is 11.1 Å². The molecular weight excluding hydrogens is 355 g/mol. The zero-order valence-electron chi connectivity index (χ0n) is 14.0. The first kappa shape index (κ1) is 19.2. The Morgan fingerprint density at radius 3 is 2.48 bits per heavy atom. The molecule has 1 unspecified atom stereocenters. The normalized spacial score (nSPS) is 12.9. The second kappa shape index (κ2) is 7.43. The Morgan fingerprint density at radius 2 is 1.92 bits per heavy atom. The zero-order valence-corrected chi connectivity index (χ0v) is 14.8. The summed E-state index contributed by atoms with van der Waals surface area (Å²) in [5.74, 6) is 0.247. The molecule has 1 aromatic heterocycles. The van der Waals surface area contributed by atoms with E-state index in [1.807, 2.05) is 0 Å².